The number of nitrogens with one attached hydrogen (secondary N) is 1. The Morgan fingerprint density at radius 1 is 1.07 bits per heavy atom. The van der Waals surface area contributed by atoms with Crippen LogP contribution in [0.15, 0.2) is 0 Å². The summed E-state index contributed by atoms with van der Waals surface area (Å²) in [5.41, 5.74) is 0. The predicted molar refractivity (Wildman–Crippen MR) is 62.7 cm³/mol. The van der Waals surface area contributed by atoms with Crippen LogP contribution in [0.3, 0.4) is 0 Å². The van der Waals surface area contributed by atoms with Gasteiger partial charge in [0.25, 0.3) is 0 Å². The molecule has 0 saturated carbocycles. The third kappa shape index (κ3) is 11.9. The summed E-state index contributed by atoms with van der Waals surface area (Å²) < 4.78 is 5.41. The molecule has 86 valence electrons. The molecule has 0 aliphatic heterocycles. The lowest BCUT2D eigenvalue weighted by Gasteiger charge is -2.07. The molecule has 2 nitrogen and oxygen atoms in total. The molecule has 2 heteroatoms. The second-order valence-corrected chi connectivity index (χ2v) is 4.27. The van der Waals surface area contributed by atoms with Crippen LogP contribution in [0.1, 0.15) is 46.5 Å². The van der Waals surface area contributed by atoms with E-state index < -0.39 is 0 Å². The van der Waals surface area contributed by atoms with Crippen molar-refractivity contribution in [3.8, 4) is 0 Å². The molecule has 0 heterocycles. The van der Waals surface area contributed by atoms with Crippen molar-refractivity contribution in [3.63, 3.8) is 0 Å². The maximum Gasteiger partial charge on any atom is 0.0466 e. The number of hydrogen-bond donors (Lipinski definition) is 1. The molecule has 0 bridgehead atoms. The Balaban J connectivity index is 2.85. The second-order valence-electron chi connectivity index (χ2n) is 4.27. The number of hydrogen-bond acceptors (Lipinski definition) is 2. The molecule has 0 unspecified atom stereocenters. The molecule has 0 rings (SSSR count). The van der Waals surface area contributed by atoms with E-state index in [1.165, 1.54) is 19.3 Å². The highest BCUT2D eigenvalue weighted by Crippen LogP contribution is 1.96. The van der Waals surface area contributed by atoms with E-state index in [0.717, 1.165) is 38.6 Å². The van der Waals surface area contributed by atoms with Crippen LogP contribution in [0.4, 0.5) is 0 Å². The lowest BCUT2D eigenvalue weighted by atomic mass is 10.2. The lowest BCUT2D eigenvalue weighted by Crippen LogP contribution is -2.20. The summed E-state index contributed by atoms with van der Waals surface area (Å²) in [5.74, 6) is 0.767. The first-order chi connectivity index (χ1) is 6.77. The third-order valence-electron chi connectivity index (χ3n) is 2.04. The Kier molecular flexibility index (Phi) is 10.9. The zero-order valence-corrected chi connectivity index (χ0v) is 10.1. The fraction of sp³-hybridized carbons (Fsp3) is 1.00. The maximum atomic E-state index is 5.41. The number of ether oxygens (including phenoxy) is 1. The van der Waals surface area contributed by atoms with Gasteiger partial charge in [-0.15, -0.1) is 0 Å². The standard InChI is InChI=1S/C12H27NO/c1-4-9-14-10-7-5-6-8-13-11-12(2)3/h12-13H,4-11H2,1-3H3. The average Bonchev–Trinajstić information content (AvgIpc) is 2.15. The van der Waals surface area contributed by atoms with E-state index in [1.807, 2.05) is 0 Å². The van der Waals surface area contributed by atoms with E-state index in [-0.39, 0.29) is 0 Å². The molecule has 0 saturated heterocycles. The van der Waals surface area contributed by atoms with Gasteiger partial charge in [0, 0.05) is 13.2 Å². The van der Waals surface area contributed by atoms with Gasteiger partial charge in [-0.2, -0.15) is 0 Å². The predicted octanol–water partition coefficient (Wildman–Crippen LogP) is 2.83. The van der Waals surface area contributed by atoms with Crippen molar-refractivity contribution in [2.45, 2.75) is 46.5 Å². The molecule has 0 aromatic heterocycles. The zero-order valence-electron chi connectivity index (χ0n) is 10.1. The van der Waals surface area contributed by atoms with Gasteiger partial charge in [0.05, 0.1) is 0 Å². The van der Waals surface area contributed by atoms with Crippen LogP contribution in [-0.4, -0.2) is 26.3 Å². The highest BCUT2D eigenvalue weighted by molar-refractivity contribution is 4.51. The van der Waals surface area contributed by atoms with E-state index in [1.54, 1.807) is 0 Å². The van der Waals surface area contributed by atoms with Crippen LogP contribution in [0.5, 0.6) is 0 Å². The molecular weight excluding hydrogens is 174 g/mol. The molecular formula is C12H27NO. The van der Waals surface area contributed by atoms with Gasteiger partial charge >= 0.3 is 0 Å². The molecule has 0 atom stereocenters. The van der Waals surface area contributed by atoms with Crippen LogP contribution in [-0.2, 0) is 4.74 Å². The summed E-state index contributed by atoms with van der Waals surface area (Å²) in [5, 5.41) is 3.45. The molecule has 0 radical (unpaired) electrons. The van der Waals surface area contributed by atoms with Gasteiger partial charge in [-0.1, -0.05) is 20.8 Å². The smallest absolute Gasteiger partial charge is 0.0466 e. The second kappa shape index (κ2) is 11.0. The first kappa shape index (κ1) is 13.9. The summed E-state index contributed by atoms with van der Waals surface area (Å²) in [7, 11) is 0. The van der Waals surface area contributed by atoms with Gasteiger partial charge in [0.15, 0.2) is 0 Å². The fourth-order valence-corrected chi connectivity index (χ4v) is 1.27. The van der Waals surface area contributed by atoms with Crippen LogP contribution in [0, 0.1) is 5.92 Å². The average molecular weight is 201 g/mol. The van der Waals surface area contributed by atoms with Gasteiger partial charge in [-0.05, 0) is 44.7 Å². The quantitative estimate of drug-likeness (QED) is 0.549. The molecule has 0 aromatic carbocycles. The molecule has 0 aromatic rings. The first-order valence-corrected chi connectivity index (χ1v) is 6.05. The summed E-state index contributed by atoms with van der Waals surface area (Å²) in [6, 6.07) is 0. The van der Waals surface area contributed by atoms with Crippen LogP contribution in [0.2, 0.25) is 0 Å². The minimum Gasteiger partial charge on any atom is -0.381 e. The van der Waals surface area contributed by atoms with Gasteiger partial charge in [0.1, 0.15) is 0 Å². The lowest BCUT2D eigenvalue weighted by molar-refractivity contribution is 0.130. The van der Waals surface area contributed by atoms with Crippen LogP contribution < -0.4 is 5.32 Å². The van der Waals surface area contributed by atoms with Gasteiger partial charge in [-0.25, -0.2) is 0 Å². The van der Waals surface area contributed by atoms with Gasteiger partial charge in [0.2, 0.25) is 0 Å². The van der Waals surface area contributed by atoms with Crippen molar-refractivity contribution >= 4 is 0 Å². The number of rotatable bonds is 10. The van der Waals surface area contributed by atoms with Crippen molar-refractivity contribution in [3.05, 3.63) is 0 Å². The minimum absolute atomic E-state index is 0.767. The van der Waals surface area contributed by atoms with E-state index >= 15 is 0 Å². The maximum absolute atomic E-state index is 5.41. The van der Waals surface area contributed by atoms with E-state index in [2.05, 4.69) is 26.1 Å². The van der Waals surface area contributed by atoms with E-state index in [0.29, 0.717) is 0 Å². The van der Waals surface area contributed by atoms with Gasteiger partial charge < -0.3 is 10.1 Å². The molecule has 0 aliphatic rings. The van der Waals surface area contributed by atoms with Crippen LogP contribution in [0.25, 0.3) is 0 Å². The Labute approximate surface area is 89.4 Å². The van der Waals surface area contributed by atoms with Crippen molar-refractivity contribution in [1.29, 1.82) is 0 Å². The topological polar surface area (TPSA) is 21.3 Å². The largest absolute Gasteiger partial charge is 0.381 e. The molecule has 0 aliphatic carbocycles. The van der Waals surface area contributed by atoms with Crippen molar-refractivity contribution in [2.75, 3.05) is 26.3 Å². The minimum atomic E-state index is 0.767. The summed E-state index contributed by atoms with van der Waals surface area (Å²) in [6.07, 6.45) is 4.91. The van der Waals surface area contributed by atoms with E-state index in [9.17, 15) is 0 Å². The molecule has 0 fully saturated rings. The molecule has 14 heavy (non-hydrogen) atoms. The van der Waals surface area contributed by atoms with Crippen LogP contribution >= 0.6 is 0 Å². The van der Waals surface area contributed by atoms with E-state index in [4.69, 9.17) is 4.74 Å². The molecule has 0 amide bonds. The summed E-state index contributed by atoms with van der Waals surface area (Å²) >= 11 is 0. The summed E-state index contributed by atoms with van der Waals surface area (Å²) in [6.45, 7) is 10.8. The monoisotopic (exact) mass is 201 g/mol. The van der Waals surface area contributed by atoms with Crippen molar-refractivity contribution < 1.29 is 4.74 Å². The Bertz CT molecular complexity index is 104. The first-order valence-electron chi connectivity index (χ1n) is 6.05. The normalized spacial score (nSPS) is 11.1. The Morgan fingerprint density at radius 2 is 1.86 bits per heavy atom. The Hall–Kier alpha value is -0.0800. The highest BCUT2D eigenvalue weighted by atomic mass is 16.5. The van der Waals surface area contributed by atoms with Crippen molar-refractivity contribution in [2.24, 2.45) is 5.92 Å². The molecule has 0 spiro atoms. The third-order valence-corrected chi connectivity index (χ3v) is 2.04. The summed E-state index contributed by atoms with van der Waals surface area (Å²) in [4.78, 5) is 0. The highest BCUT2D eigenvalue weighted by Gasteiger charge is 1.93. The zero-order chi connectivity index (χ0) is 10.6. The fourth-order valence-electron chi connectivity index (χ4n) is 1.27. The van der Waals surface area contributed by atoms with Gasteiger partial charge in [-0.3, -0.25) is 0 Å². The number of unbranched alkanes of at least 4 members (excludes halogenated alkanes) is 2. The molecule has 1 N–H and O–H groups in total. The van der Waals surface area contributed by atoms with Crippen molar-refractivity contribution in [1.82, 2.24) is 5.32 Å². The SMILES string of the molecule is CCCOCCCCCNCC(C)C. The Morgan fingerprint density at radius 3 is 2.50 bits per heavy atom.